The average molecular weight is 251 g/mol. The van der Waals surface area contributed by atoms with Gasteiger partial charge in [0.2, 0.25) is 5.91 Å². The van der Waals surface area contributed by atoms with Crippen molar-refractivity contribution in [3.05, 3.63) is 34.4 Å². The molecule has 0 saturated carbocycles. The van der Waals surface area contributed by atoms with Crippen LogP contribution in [-0.4, -0.2) is 16.9 Å². The minimum absolute atomic E-state index is 0.0144. The van der Waals surface area contributed by atoms with E-state index in [-0.39, 0.29) is 11.6 Å². The molecule has 0 saturated heterocycles. The van der Waals surface area contributed by atoms with Crippen molar-refractivity contribution in [2.75, 3.05) is 5.32 Å². The summed E-state index contributed by atoms with van der Waals surface area (Å²) < 4.78 is 0. The van der Waals surface area contributed by atoms with E-state index in [2.05, 4.69) is 5.32 Å². The maximum atomic E-state index is 11.7. The molecule has 1 atom stereocenters. The average Bonchev–Trinajstić information content (AvgIpc) is 2.28. The van der Waals surface area contributed by atoms with Gasteiger partial charge in [0.25, 0.3) is 5.69 Å². The lowest BCUT2D eigenvalue weighted by Crippen LogP contribution is -2.36. The molecule has 1 aromatic rings. The molecule has 3 N–H and O–H groups in total. The van der Waals surface area contributed by atoms with Gasteiger partial charge in [0.1, 0.15) is 0 Å². The highest BCUT2D eigenvalue weighted by Gasteiger charge is 2.15. The zero-order valence-electron chi connectivity index (χ0n) is 10.4. The zero-order chi connectivity index (χ0) is 13.7. The second-order valence-electron chi connectivity index (χ2n) is 4.53. The number of anilines is 1. The van der Waals surface area contributed by atoms with Crippen LogP contribution in [0, 0.1) is 16.0 Å². The number of rotatable bonds is 5. The van der Waals surface area contributed by atoms with Gasteiger partial charge < -0.3 is 11.1 Å². The fourth-order valence-electron chi connectivity index (χ4n) is 1.52. The van der Waals surface area contributed by atoms with E-state index in [0.29, 0.717) is 18.0 Å². The molecular weight excluding hydrogens is 234 g/mol. The number of non-ortho nitro benzene ring substituents is 1. The minimum atomic E-state index is -0.569. The van der Waals surface area contributed by atoms with Crippen molar-refractivity contribution in [3.8, 4) is 0 Å². The third-order valence-electron chi connectivity index (χ3n) is 2.41. The van der Waals surface area contributed by atoms with Gasteiger partial charge in [0.05, 0.1) is 11.0 Å². The first kappa shape index (κ1) is 14.1. The first-order chi connectivity index (χ1) is 8.40. The maximum absolute atomic E-state index is 11.7. The van der Waals surface area contributed by atoms with Crippen LogP contribution in [0.1, 0.15) is 20.3 Å². The van der Waals surface area contributed by atoms with Crippen molar-refractivity contribution in [2.24, 2.45) is 11.7 Å². The molecule has 1 unspecified atom stereocenters. The molecule has 0 radical (unpaired) electrons. The summed E-state index contributed by atoms with van der Waals surface area (Å²) in [6.45, 7) is 3.97. The Morgan fingerprint density at radius 2 is 1.94 bits per heavy atom. The molecule has 0 aliphatic rings. The summed E-state index contributed by atoms with van der Waals surface area (Å²) in [5.74, 6) is 0.0557. The summed E-state index contributed by atoms with van der Waals surface area (Å²) in [6, 6.07) is 5.07. The summed E-state index contributed by atoms with van der Waals surface area (Å²) >= 11 is 0. The first-order valence-corrected chi connectivity index (χ1v) is 5.71. The van der Waals surface area contributed by atoms with E-state index in [1.54, 1.807) is 0 Å². The van der Waals surface area contributed by atoms with Crippen LogP contribution in [0.3, 0.4) is 0 Å². The smallest absolute Gasteiger partial charge is 0.269 e. The normalized spacial score (nSPS) is 12.2. The van der Waals surface area contributed by atoms with Gasteiger partial charge >= 0.3 is 0 Å². The number of nitrogens with zero attached hydrogens (tertiary/aromatic N) is 1. The number of benzene rings is 1. The van der Waals surface area contributed by atoms with Crippen LogP contribution in [0.15, 0.2) is 24.3 Å². The van der Waals surface area contributed by atoms with Gasteiger partial charge in [-0.25, -0.2) is 0 Å². The third-order valence-corrected chi connectivity index (χ3v) is 2.41. The van der Waals surface area contributed by atoms with E-state index >= 15 is 0 Å². The van der Waals surface area contributed by atoms with Gasteiger partial charge in [0, 0.05) is 17.8 Å². The molecule has 1 aromatic carbocycles. The largest absolute Gasteiger partial charge is 0.325 e. The monoisotopic (exact) mass is 251 g/mol. The molecular formula is C12H17N3O3. The number of carbonyl (C=O) groups excluding carboxylic acids is 1. The highest BCUT2D eigenvalue weighted by atomic mass is 16.6. The summed E-state index contributed by atoms with van der Waals surface area (Å²) in [6.07, 6.45) is 0.596. The van der Waals surface area contributed by atoms with Gasteiger partial charge in [-0.15, -0.1) is 0 Å². The number of hydrogen-bond donors (Lipinski definition) is 2. The summed E-state index contributed by atoms with van der Waals surface area (Å²) in [4.78, 5) is 21.7. The van der Waals surface area contributed by atoms with Crippen molar-refractivity contribution < 1.29 is 9.72 Å². The highest BCUT2D eigenvalue weighted by Crippen LogP contribution is 2.15. The Bertz CT molecular complexity index is 429. The van der Waals surface area contributed by atoms with Crippen LogP contribution in [0.25, 0.3) is 0 Å². The van der Waals surface area contributed by atoms with Crippen molar-refractivity contribution in [2.45, 2.75) is 26.3 Å². The standard InChI is InChI=1S/C12H17N3O3/c1-8(2)7-11(13)12(16)14-9-3-5-10(6-4-9)15(17)18/h3-6,8,11H,7,13H2,1-2H3,(H,14,16). The fourth-order valence-corrected chi connectivity index (χ4v) is 1.52. The van der Waals surface area contributed by atoms with E-state index in [0.717, 1.165) is 0 Å². The quantitative estimate of drug-likeness (QED) is 0.616. The molecule has 98 valence electrons. The highest BCUT2D eigenvalue weighted by molar-refractivity contribution is 5.94. The third kappa shape index (κ3) is 4.14. The van der Waals surface area contributed by atoms with Crippen LogP contribution in [-0.2, 0) is 4.79 Å². The topological polar surface area (TPSA) is 98.3 Å². The number of nitrogens with two attached hydrogens (primary N) is 1. The first-order valence-electron chi connectivity index (χ1n) is 5.71. The fraction of sp³-hybridized carbons (Fsp3) is 0.417. The van der Waals surface area contributed by atoms with Gasteiger partial charge in [0.15, 0.2) is 0 Å². The van der Waals surface area contributed by atoms with E-state index in [1.807, 2.05) is 13.8 Å². The Balaban J connectivity index is 2.62. The summed E-state index contributed by atoms with van der Waals surface area (Å²) in [5, 5.41) is 13.1. The summed E-state index contributed by atoms with van der Waals surface area (Å²) in [5.41, 5.74) is 6.21. The molecule has 1 rings (SSSR count). The lowest BCUT2D eigenvalue weighted by atomic mass is 10.0. The lowest BCUT2D eigenvalue weighted by Gasteiger charge is -2.13. The number of hydrogen-bond acceptors (Lipinski definition) is 4. The molecule has 1 amide bonds. The van der Waals surface area contributed by atoms with Crippen LogP contribution >= 0.6 is 0 Å². The van der Waals surface area contributed by atoms with Crippen LogP contribution < -0.4 is 11.1 Å². The lowest BCUT2D eigenvalue weighted by molar-refractivity contribution is -0.384. The number of nitrogens with one attached hydrogen (secondary N) is 1. The second-order valence-corrected chi connectivity index (χ2v) is 4.53. The molecule has 0 aliphatic heterocycles. The van der Waals surface area contributed by atoms with Crippen molar-refractivity contribution in [1.29, 1.82) is 0 Å². The number of nitro benzene ring substituents is 1. The molecule has 0 bridgehead atoms. The Kier molecular flexibility index (Phi) is 4.79. The van der Waals surface area contributed by atoms with Crippen molar-refractivity contribution in [3.63, 3.8) is 0 Å². The molecule has 0 spiro atoms. The predicted molar refractivity (Wildman–Crippen MR) is 69.2 cm³/mol. The van der Waals surface area contributed by atoms with E-state index in [1.165, 1.54) is 24.3 Å². The maximum Gasteiger partial charge on any atom is 0.269 e. The molecule has 18 heavy (non-hydrogen) atoms. The molecule has 0 aromatic heterocycles. The minimum Gasteiger partial charge on any atom is -0.325 e. The van der Waals surface area contributed by atoms with E-state index in [4.69, 9.17) is 5.73 Å². The van der Waals surface area contributed by atoms with Crippen molar-refractivity contribution in [1.82, 2.24) is 0 Å². The number of amides is 1. The molecule has 6 heteroatoms. The number of nitro groups is 1. The summed E-state index contributed by atoms with van der Waals surface area (Å²) in [7, 11) is 0. The van der Waals surface area contributed by atoms with Crippen molar-refractivity contribution >= 4 is 17.3 Å². The van der Waals surface area contributed by atoms with E-state index in [9.17, 15) is 14.9 Å². The van der Waals surface area contributed by atoms with Gasteiger partial charge in [-0.2, -0.15) is 0 Å². The van der Waals surface area contributed by atoms with Gasteiger partial charge in [-0.1, -0.05) is 13.8 Å². The molecule has 0 aliphatic carbocycles. The predicted octanol–water partition coefficient (Wildman–Crippen LogP) is 1.91. The number of carbonyl (C=O) groups is 1. The zero-order valence-corrected chi connectivity index (χ0v) is 10.4. The van der Waals surface area contributed by atoms with Gasteiger partial charge in [-0.3, -0.25) is 14.9 Å². The molecule has 0 fully saturated rings. The molecule has 6 nitrogen and oxygen atoms in total. The van der Waals surface area contributed by atoms with Crippen LogP contribution in [0.4, 0.5) is 11.4 Å². The van der Waals surface area contributed by atoms with Crippen LogP contribution in [0.2, 0.25) is 0 Å². The van der Waals surface area contributed by atoms with E-state index < -0.39 is 11.0 Å². The SMILES string of the molecule is CC(C)CC(N)C(=O)Nc1ccc([N+](=O)[O-])cc1. The molecule has 0 heterocycles. The Morgan fingerprint density at radius 1 is 1.39 bits per heavy atom. The van der Waals surface area contributed by atoms with Crippen LogP contribution in [0.5, 0.6) is 0 Å². The Labute approximate surface area is 105 Å². The Hall–Kier alpha value is -1.95. The second kappa shape index (κ2) is 6.11. The van der Waals surface area contributed by atoms with Gasteiger partial charge in [-0.05, 0) is 24.5 Å². The Morgan fingerprint density at radius 3 is 2.39 bits per heavy atom.